The molecule has 1 aliphatic rings. The molecule has 2 heteroatoms. The summed E-state index contributed by atoms with van der Waals surface area (Å²) in [6, 6.07) is 9.76. The molecule has 2 atom stereocenters. The van der Waals surface area contributed by atoms with Crippen LogP contribution in [0.15, 0.2) is 28.7 Å². The van der Waals surface area contributed by atoms with Crippen molar-refractivity contribution in [2.75, 3.05) is 0 Å². The summed E-state index contributed by atoms with van der Waals surface area (Å²) in [7, 11) is 0. The Kier molecular flexibility index (Phi) is 3.94. The van der Waals surface area contributed by atoms with E-state index in [9.17, 15) is 0 Å². The third-order valence-electron chi connectivity index (χ3n) is 3.82. The second-order valence-corrected chi connectivity index (χ2v) is 6.96. The van der Waals surface area contributed by atoms with Gasteiger partial charge in [-0.2, -0.15) is 0 Å². The lowest BCUT2D eigenvalue weighted by Crippen LogP contribution is -2.30. The molecule has 0 aliphatic heterocycles. The minimum absolute atomic E-state index is 0.446. The Morgan fingerprint density at radius 1 is 1.29 bits per heavy atom. The van der Waals surface area contributed by atoms with Crippen LogP contribution in [0.2, 0.25) is 0 Å². The predicted octanol–water partition coefficient (Wildman–Crippen LogP) is 4.68. The van der Waals surface area contributed by atoms with E-state index in [1.54, 1.807) is 0 Å². The molecule has 0 aromatic heterocycles. The topological polar surface area (TPSA) is 12.0 Å². The lowest BCUT2D eigenvalue weighted by Gasteiger charge is -2.22. The minimum atomic E-state index is 0.446. The zero-order valence-electron chi connectivity index (χ0n) is 11.0. The van der Waals surface area contributed by atoms with Crippen molar-refractivity contribution in [1.29, 1.82) is 0 Å². The maximum atomic E-state index is 3.75. The molecule has 1 aliphatic carbocycles. The normalized spacial score (nSPS) is 24.8. The molecule has 1 fully saturated rings. The van der Waals surface area contributed by atoms with E-state index in [0.717, 1.165) is 4.47 Å². The van der Waals surface area contributed by atoms with Gasteiger partial charge in [-0.3, -0.25) is 0 Å². The number of nitrogens with one attached hydrogen (secondary N) is 1. The zero-order valence-corrected chi connectivity index (χ0v) is 12.5. The molecular weight excluding hydrogens is 274 g/mol. The largest absolute Gasteiger partial charge is 0.307 e. The molecule has 1 aromatic rings. The molecule has 0 bridgehead atoms. The fraction of sp³-hybridized carbons (Fsp3) is 0.600. The van der Waals surface area contributed by atoms with E-state index in [1.807, 2.05) is 0 Å². The van der Waals surface area contributed by atoms with Gasteiger partial charge in [0.15, 0.2) is 0 Å². The first-order chi connectivity index (χ1) is 7.96. The Hall–Kier alpha value is -0.340. The van der Waals surface area contributed by atoms with Crippen molar-refractivity contribution < 1.29 is 0 Å². The van der Waals surface area contributed by atoms with E-state index >= 15 is 0 Å². The second-order valence-electron chi connectivity index (χ2n) is 6.04. The van der Waals surface area contributed by atoms with E-state index in [-0.39, 0.29) is 0 Å². The molecule has 0 radical (unpaired) electrons. The van der Waals surface area contributed by atoms with Crippen LogP contribution in [-0.2, 0) is 0 Å². The number of benzene rings is 1. The first-order valence-electron chi connectivity index (χ1n) is 6.48. The Balaban J connectivity index is 1.93. The quantitative estimate of drug-likeness (QED) is 0.854. The summed E-state index contributed by atoms with van der Waals surface area (Å²) in [5, 5.41) is 3.75. The SMILES string of the molecule is C[C@@H](NC1CCC(C)(C)C1)c1ccc(Br)cc1. The zero-order chi connectivity index (χ0) is 12.5. The van der Waals surface area contributed by atoms with Crippen LogP contribution in [0.3, 0.4) is 0 Å². The number of rotatable bonds is 3. The first kappa shape index (κ1) is 13.1. The van der Waals surface area contributed by atoms with Gasteiger partial charge in [-0.05, 0) is 49.3 Å². The average Bonchev–Trinajstić information content (AvgIpc) is 2.59. The fourth-order valence-corrected chi connectivity index (χ4v) is 3.04. The minimum Gasteiger partial charge on any atom is -0.307 e. The Morgan fingerprint density at radius 2 is 1.94 bits per heavy atom. The molecule has 1 nitrogen and oxygen atoms in total. The molecule has 1 unspecified atom stereocenters. The summed E-state index contributed by atoms with van der Waals surface area (Å²) >= 11 is 3.48. The molecule has 0 heterocycles. The molecule has 0 amide bonds. The van der Waals surface area contributed by atoms with Crippen LogP contribution in [0.5, 0.6) is 0 Å². The van der Waals surface area contributed by atoms with Crippen molar-refractivity contribution >= 4 is 15.9 Å². The lowest BCUT2D eigenvalue weighted by atomic mass is 9.91. The smallest absolute Gasteiger partial charge is 0.0294 e. The monoisotopic (exact) mass is 295 g/mol. The highest BCUT2D eigenvalue weighted by molar-refractivity contribution is 9.10. The molecule has 2 rings (SSSR count). The van der Waals surface area contributed by atoms with E-state index in [2.05, 4.69) is 66.3 Å². The summed E-state index contributed by atoms with van der Waals surface area (Å²) in [6.45, 7) is 7.01. The van der Waals surface area contributed by atoms with Crippen molar-refractivity contribution in [3.63, 3.8) is 0 Å². The molecule has 1 N–H and O–H groups in total. The van der Waals surface area contributed by atoms with Gasteiger partial charge in [0.1, 0.15) is 0 Å². The van der Waals surface area contributed by atoms with E-state index < -0.39 is 0 Å². The van der Waals surface area contributed by atoms with Crippen LogP contribution in [0.1, 0.15) is 51.6 Å². The van der Waals surface area contributed by atoms with Crippen LogP contribution in [0.25, 0.3) is 0 Å². The standard InChI is InChI=1S/C15H22BrN/c1-11(12-4-6-13(16)7-5-12)17-14-8-9-15(2,3)10-14/h4-7,11,14,17H,8-10H2,1-3H3/t11-,14?/m1/s1. The Morgan fingerprint density at radius 3 is 2.47 bits per heavy atom. The summed E-state index contributed by atoms with van der Waals surface area (Å²) in [5.74, 6) is 0. The number of hydrogen-bond acceptors (Lipinski definition) is 1. The first-order valence-corrected chi connectivity index (χ1v) is 7.27. The highest BCUT2D eigenvalue weighted by Gasteiger charge is 2.31. The van der Waals surface area contributed by atoms with Crippen molar-refractivity contribution in [2.24, 2.45) is 5.41 Å². The van der Waals surface area contributed by atoms with Gasteiger partial charge in [0.2, 0.25) is 0 Å². The predicted molar refractivity (Wildman–Crippen MR) is 77.1 cm³/mol. The fourth-order valence-electron chi connectivity index (χ4n) is 2.78. The van der Waals surface area contributed by atoms with Gasteiger partial charge in [-0.25, -0.2) is 0 Å². The van der Waals surface area contributed by atoms with Crippen molar-refractivity contribution in [3.05, 3.63) is 34.3 Å². The average molecular weight is 296 g/mol. The summed E-state index contributed by atoms with van der Waals surface area (Å²) in [4.78, 5) is 0. The van der Waals surface area contributed by atoms with Crippen molar-refractivity contribution in [3.8, 4) is 0 Å². The second kappa shape index (κ2) is 5.11. The molecule has 1 aromatic carbocycles. The van der Waals surface area contributed by atoms with Crippen LogP contribution < -0.4 is 5.32 Å². The van der Waals surface area contributed by atoms with Gasteiger partial charge in [0.05, 0.1) is 0 Å². The summed E-state index contributed by atoms with van der Waals surface area (Å²) < 4.78 is 1.15. The highest BCUT2D eigenvalue weighted by atomic mass is 79.9. The Labute approximate surface area is 113 Å². The van der Waals surface area contributed by atoms with Crippen LogP contribution in [0.4, 0.5) is 0 Å². The van der Waals surface area contributed by atoms with Gasteiger partial charge in [0, 0.05) is 16.6 Å². The van der Waals surface area contributed by atoms with E-state index in [4.69, 9.17) is 0 Å². The molecule has 94 valence electrons. The Bertz CT molecular complexity index is 369. The van der Waals surface area contributed by atoms with Gasteiger partial charge in [-0.15, -0.1) is 0 Å². The third kappa shape index (κ3) is 3.56. The maximum Gasteiger partial charge on any atom is 0.0294 e. The molecule has 1 saturated carbocycles. The maximum absolute atomic E-state index is 3.75. The number of hydrogen-bond donors (Lipinski definition) is 1. The highest BCUT2D eigenvalue weighted by Crippen LogP contribution is 2.37. The van der Waals surface area contributed by atoms with E-state index in [0.29, 0.717) is 17.5 Å². The molecule has 17 heavy (non-hydrogen) atoms. The van der Waals surface area contributed by atoms with Gasteiger partial charge >= 0.3 is 0 Å². The van der Waals surface area contributed by atoms with Crippen molar-refractivity contribution in [2.45, 2.75) is 52.1 Å². The van der Waals surface area contributed by atoms with Gasteiger partial charge in [0.25, 0.3) is 0 Å². The summed E-state index contributed by atoms with van der Waals surface area (Å²) in [6.07, 6.45) is 3.96. The lowest BCUT2D eigenvalue weighted by molar-refractivity contribution is 0.356. The molecular formula is C15H22BrN. The molecule has 0 spiro atoms. The van der Waals surface area contributed by atoms with Crippen LogP contribution >= 0.6 is 15.9 Å². The van der Waals surface area contributed by atoms with Gasteiger partial charge in [-0.1, -0.05) is 41.9 Å². The van der Waals surface area contributed by atoms with Crippen LogP contribution in [-0.4, -0.2) is 6.04 Å². The summed E-state index contributed by atoms with van der Waals surface area (Å²) in [5.41, 5.74) is 1.90. The third-order valence-corrected chi connectivity index (χ3v) is 4.35. The van der Waals surface area contributed by atoms with Crippen LogP contribution in [0, 0.1) is 5.41 Å². The van der Waals surface area contributed by atoms with E-state index in [1.165, 1.54) is 24.8 Å². The van der Waals surface area contributed by atoms with Crippen molar-refractivity contribution in [1.82, 2.24) is 5.32 Å². The van der Waals surface area contributed by atoms with Gasteiger partial charge < -0.3 is 5.32 Å². The number of halogens is 1. The molecule has 0 saturated heterocycles.